The second-order valence-corrected chi connectivity index (χ2v) is 29.4. The highest BCUT2D eigenvalue weighted by atomic mass is 16.3. The minimum absolute atomic E-state index is 0.0253. The zero-order valence-corrected chi connectivity index (χ0v) is 52.3. The first-order valence-corrected chi connectivity index (χ1v) is 31.2. The van der Waals surface area contributed by atoms with E-state index in [9.17, 15) is 0 Å². The third-order valence-corrected chi connectivity index (χ3v) is 20.3. The van der Waals surface area contributed by atoms with Crippen LogP contribution < -0.4 is 20.6 Å². The molecule has 3 aliphatic rings. The number of hydrogen-bond donors (Lipinski definition) is 0. The van der Waals surface area contributed by atoms with E-state index >= 15 is 0 Å². The first kappa shape index (κ1) is 52.8. The van der Waals surface area contributed by atoms with E-state index in [0.717, 1.165) is 78.7 Å². The van der Waals surface area contributed by atoms with E-state index in [1.807, 2.05) is 0 Å². The number of fused-ring (bicyclic) bond motifs is 19. The van der Waals surface area contributed by atoms with E-state index in [4.69, 9.17) is 8.83 Å². The van der Waals surface area contributed by atoms with Crippen molar-refractivity contribution in [3.63, 3.8) is 0 Å². The van der Waals surface area contributed by atoms with Gasteiger partial charge in [0.25, 0.3) is 0 Å². The zero-order chi connectivity index (χ0) is 59.5. The Morgan fingerprint density at radius 1 is 0.465 bits per heavy atom. The fraction of sp³-hybridized carbons (Fsp3) is 0.250. The molecule has 0 N–H and O–H groups in total. The summed E-state index contributed by atoms with van der Waals surface area (Å²) < 4.78 is 16.9. The highest BCUT2D eigenvalue weighted by molar-refractivity contribution is 6.94. The van der Waals surface area contributed by atoms with Gasteiger partial charge in [-0.25, -0.2) is 0 Å². The monoisotopic (exact) mass is 1120 g/mol. The van der Waals surface area contributed by atoms with Gasteiger partial charge in [0.2, 0.25) is 0 Å². The molecule has 424 valence electrons. The Hall–Kier alpha value is -8.74. The molecular formula is C80H74BN3O2. The number of rotatable bonds is 6. The molecule has 2 aliphatic heterocycles. The van der Waals surface area contributed by atoms with Gasteiger partial charge in [0.05, 0.1) is 11.0 Å². The third kappa shape index (κ3) is 7.44. The van der Waals surface area contributed by atoms with Gasteiger partial charge in [-0.15, -0.1) is 0 Å². The average molecular weight is 1120 g/mol. The van der Waals surface area contributed by atoms with Crippen molar-refractivity contribution >= 4 is 112 Å². The van der Waals surface area contributed by atoms with Crippen molar-refractivity contribution in [2.75, 3.05) is 9.71 Å². The van der Waals surface area contributed by atoms with Gasteiger partial charge in [-0.3, -0.25) is 0 Å². The lowest BCUT2D eigenvalue weighted by molar-refractivity contribution is 0.506. The van der Waals surface area contributed by atoms with Crippen molar-refractivity contribution in [3.05, 3.63) is 215 Å². The summed E-state index contributed by atoms with van der Waals surface area (Å²) in [7, 11) is 0. The number of nitrogens with zero attached hydrogens (tertiary/aromatic N) is 3. The molecule has 0 bridgehead atoms. The van der Waals surface area contributed by atoms with Crippen LogP contribution in [0.2, 0.25) is 0 Å². The van der Waals surface area contributed by atoms with E-state index in [1.165, 1.54) is 94.1 Å². The van der Waals surface area contributed by atoms with E-state index in [-0.39, 0.29) is 33.9 Å². The van der Waals surface area contributed by atoms with Crippen molar-refractivity contribution in [1.29, 1.82) is 0 Å². The number of anilines is 5. The largest absolute Gasteiger partial charge is 0.456 e. The summed E-state index contributed by atoms with van der Waals surface area (Å²) in [5.74, 6) is 0. The topological polar surface area (TPSA) is 37.7 Å². The molecule has 86 heavy (non-hydrogen) atoms. The van der Waals surface area contributed by atoms with Gasteiger partial charge in [-0.1, -0.05) is 182 Å². The highest BCUT2D eigenvalue weighted by Crippen LogP contribution is 2.60. The molecule has 6 heteroatoms. The molecule has 0 saturated heterocycles. The average Bonchev–Trinajstić information content (AvgIpc) is 1.43. The maximum Gasteiger partial charge on any atom is 0.333 e. The molecule has 10 aromatic carbocycles. The summed E-state index contributed by atoms with van der Waals surface area (Å²) in [6.07, 6.45) is 1.06. The maximum atomic E-state index is 7.36. The lowest BCUT2D eigenvalue weighted by atomic mass is 9.43. The van der Waals surface area contributed by atoms with Crippen LogP contribution in [-0.4, -0.2) is 11.4 Å². The predicted octanol–water partition coefficient (Wildman–Crippen LogP) is 21.2. The normalized spacial score (nSPS) is 14.5. The molecule has 5 heterocycles. The van der Waals surface area contributed by atoms with Crippen molar-refractivity contribution in [2.24, 2.45) is 0 Å². The molecule has 0 spiro atoms. The van der Waals surface area contributed by atoms with Gasteiger partial charge in [0.15, 0.2) is 0 Å². The molecule has 5 nitrogen and oxygen atoms in total. The first-order chi connectivity index (χ1) is 41.0. The van der Waals surface area contributed by atoms with Crippen LogP contribution >= 0.6 is 0 Å². The summed E-state index contributed by atoms with van der Waals surface area (Å²) in [6.45, 7) is 32.4. The van der Waals surface area contributed by atoms with Crippen molar-refractivity contribution in [2.45, 2.75) is 130 Å². The van der Waals surface area contributed by atoms with Crippen molar-refractivity contribution in [3.8, 4) is 27.9 Å². The quantitative estimate of drug-likeness (QED) is 0.156. The van der Waals surface area contributed by atoms with Crippen LogP contribution in [0, 0.1) is 0 Å². The Balaban J connectivity index is 1.02. The van der Waals surface area contributed by atoms with Crippen LogP contribution in [0.15, 0.2) is 191 Å². The molecule has 3 aromatic heterocycles. The van der Waals surface area contributed by atoms with Gasteiger partial charge in [-0.05, 0) is 174 Å². The molecule has 16 rings (SSSR count). The summed E-state index contributed by atoms with van der Waals surface area (Å²) in [5.41, 5.74) is 28.0. The number of hydrogen-bond acceptors (Lipinski definition) is 4. The Labute approximate surface area is 506 Å². The van der Waals surface area contributed by atoms with Gasteiger partial charge in [0, 0.05) is 89.6 Å². The number of aromatic nitrogens is 1. The van der Waals surface area contributed by atoms with Crippen LogP contribution in [0.25, 0.3) is 93.6 Å². The van der Waals surface area contributed by atoms with Crippen molar-refractivity contribution in [1.82, 2.24) is 4.57 Å². The van der Waals surface area contributed by atoms with E-state index in [2.05, 4.69) is 293 Å². The number of furan rings is 2. The van der Waals surface area contributed by atoms with E-state index in [1.54, 1.807) is 0 Å². The Morgan fingerprint density at radius 2 is 1.03 bits per heavy atom. The second-order valence-electron chi connectivity index (χ2n) is 29.4. The molecule has 0 radical (unpaired) electrons. The minimum atomic E-state index is -0.327. The molecule has 0 saturated carbocycles. The standard InChI is InChI=1S/C80H74BN3O2/c1-15-79(11,12)48-28-33-51(34-29-48)82(50-31-24-46(25-32-50)76(2,3)4)53-37-38-55-57-42-60-64(45-69(57)86-67(55)41-53)84(52-35-26-47(27-36-52)77(5,6)7)81-62-44-68-58(54-20-17-19-23-66(54)85-68)43-65(62)83-63-39-30-49(78(8,9)10)40-59(63)72-73-70(71(60)74(81)75(72)83)56-21-16-18-22-61(56)80(73,13)14/h16-45H,15H2,1-14H3. The highest BCUT2D eigenvalue weighted by Gasteiger charge is 2.50. The fourth-order valence-corrected chi connectivity index (χ4v) is 15.2. The Bertz CT molecular complexity index is 5030. The summed E-state index contributed by atoms with van der Waals surface area (Å²) in [6, 6.07) is 69.5. The van der Waals surface area contributed by atoms with Crippen LogP contribution in [0.3, 0.4) is 0 Å². The van der Waals surface area contributed by atoms with Crippen LogP contribution in [0.4, 0.5) is 28.4 Å². The first-order valence-electron chi connectivity index (χ1n) is 31.2. The molecule has 13 aromatic rings. The number of para-hydroxylation sites is 1. The van der Waals surface area contributed by atoms with Gasteiger partial charge in [0.1, 0.15) is 22.3 Å². The van der Waals surface area contributed by atoms with Crippen LogP contribution in [0.5, 0.6) is 0 Å². The summed E-state index contributed by atoms with van der Waals surface area (Å²) >= 11 is 0. The smallest absolute Gasteiger partial charge is 0.333 e. The van der Waals surface area contributed by atoms with Gasteiger partial charge >= 0.3 is 6.85 Å². The fourth-order valence-electron chi connectivity index (χ4n) is 15.2. The minimum Gasteiger partial charge on any atom is -0.456 e. The molecule has 0 unspecified atom stereocenters. The molecule has 0 fully saturated rings. The van der Waals surface area contributed by atoms with Gasteiger partial charge in [-0.2, -0.15) is 0 Å². The Morgan fingerprint density at radius 3 is 1.72 bits per heavy atom. The molecular weight excluding hydrogens is 1050 g/mol. The Kier molecular flexibility index (Phi) is 10.9. The maximum absolute atomic E-state index is 7.36. The molecule has 1 aliphatic carbocycles. The van der Waals surface area contributed by atoms with E-state index in [0.29, 0.717) is 0 Å². The number of benzene rings is 10. The van der Waals surface area contributed by atoms with E-state index < -0.39 is 0 Å². The lowest BCUT2D eigenvalue weighted by Gasteiger charge is -2.43. The van der Waals surface area contributed by atoms with Crippen LogP contribution in [0.1, 0.15) is 137 Å². The van der Waals surface area contributed by atoms with Crippen LogP contribution in [-0.2, 0) is 27.1 Å². The third-order valence-electron chi connectivity index (χ3n) is 20.3. The van der Waals surface area contributed by atoms with Gasteiger partial charge < -0.3 is 23.1 Å². The SMILES string of the molecule is CCC(C)(C)c1ccc(N(c2ccc(C(C)(C)C)cc2)c2ccc3c(c2)oc2cc4c(cc23)-c2c3c(c5c6cc(C(C)(C)C)ccc6n6c5c2B(c2cc5oc7ccccc7c5cc2-6)N4c2ccc(C(C)(C)C)cc2)C(C)(C)c2ccccc2-3)cc1. The predicted molar refractivity (Wildman–Crippen MR) is 366 cm³/mol. The summed E-state index contributed by atoms with van der Waals surface area (Å²) in [4.78, 5) is 5.04. The molecule has 0 amide bonds. The van der Waals surface area contributed by atoms with Crippen molar-refractivity contribution < 1.29 is 8.83 Å². The lowest BCUT2D eigenvalue weighted by Crippen LogP contribution is -2.60. The summed E-state index contributed by atoms with van der Waals surface area (Å²) in [5, 5.41) is 7.09. The molecule has 0 atom stereocenters. The zero-order valence-electron chi connectivity index (χ0n) is 52.3. The second kappa shape index (κ2) is 17.7.